The van der Waals surface area contributed by atoms with Crippen LogP contribution in [0, 0.1) is 25.2 Å². The maximum Gasteiger partial charge on any atom is 0.248 e. The molecule has 0 aromatic carbocycles. The monoisotopic (exact) mass is 404 g/mol. The summed E-state index contributed by atoms with van der Waals surface area (Å²) in [5, 5.41) is 6.71. The molecule has 1 saturated heterocycles. The molecule has 9 heteroatoms. The number of hydrogen-bond donors (Lipinski definition) is 1. The van der Waals surface area contributed by atoms with Crippen LogP contribution in [0.4, 0.5) is 0 Å². The Hall–Kier alpha value is -2.26. The van der Waals surface area contributed by atoms with E-state index in [4.69, 9.17) is 4.52 Å². The Bertz CT molecular complexity index is 963. The Labute approximate surface area is 164 Å². The number of aryl methyl sites for hydroxylation is 2. The third kappa shape index (κ3) is 3.12. The van der Waals surface area contributed by atoms with Crippen molar-refractivity contribution in [2.45, 2.75) is 44.6 Å². The van der Waals surface area contributed by atoms with Crippen molar-refractivity contribution >= 4 is 15.9 Å². The van der Waals surface area contributed by atoms with Gasteiger partial charge in [-0.1, -0.05) is 17.6 Å². The summed E-state index contributed by atoms with van der Waals surface area (Å²) in [5.74, 6) is -0.190. The van der Waals surface area contributed by atoms with Crippen molar-refractivity contribution in [3.63, 3.8) is 0 Å². The second kappa shape index (κ2) is 6.97. The molecule has 1 atom stereocenters. The summed E-state index contributed by atoms with van der Waals surface area (Å²) in [6.45, 7) is 4.10. The van der Waals surface area contributed by atoms with E-state index in [1.54, 1.807) is 20.0 Å². The molecule has 1 aliphatic heterocycles. The van der Waals surface area contributed by atoms with Gasteiger partial charge in [0.25, 0.3) is 0 Å². The third-order valence-electron chi connectivity index (χ3n) is 6.02. The first-order valence-electron chi connectivity index (χ1n) is 9.44. The van der Waals surface area contributed by atoms with Crippen LogP contribution in [-0.2, 0) is 21.4 Å². The van der Waals surface area contributed by atoms with Gasteiger partial charge in [0, 0.05) is 19.3 Å². The van der Waals surface area contributed by atoms with E-state index in [0.29, 0.717) is 18.8 Å². The standard InChI is InChI=1S/C19H24N4O4S/c1-13-17(14(2)27-22-13)28(25,26)23-11-16(19(12-23)7-5-8-19)18(24)21-10-15-6-3-4-9-20-15/h3-4,6,9,16H,5,7-8,10-12H2,1-2H3,(H,21,24). The minimum atomic E-state index is -3.75. The lowest BCUT2D eigenvalue weighted by molar-refractivity contribution is -0.129. The molecule has 2 aliphatic rings. The van der Waals surface area contributed by atoms with Crippen LogP contribution in [-0.4, -0.2) is 41.9 Å². The maximum atomic E-state index is 13.2. The van der Waals surface area contributed by atoms with Crippen LogP contribution < -0.4 is 5.32 Å². The normalized spacial score (nSPS) is 21.6. The second-order valence-electron chi connectivity index (χ2n) is 7.76. The average Bonchev–Trinajstić information content (AvgIpc) is 3.22. The van der Waals surface area contributed by atoms with Gasteiger partial charge in [-0.3, -0.25) is 9.78 Å². The van der Waals surface area contributed by atoms with E-state index < -0.39 is 10.0 Å². The van der Waals surface area contributed by atoms with E-state index in [0.717, 1.165) is 25.0 Å². The van der Waals surface area contributed by atoms with Crippen LogP contribution in [0.5, 0.6) is 0 Å². The summed E-state index contributed by atoms with van der Waals surface area (Å²) >= 11 is 0. The highest BCUT2D eigenvalue weighted by Crippen LogP contribution is 2.52. The van der Waals surface area contributed by atoms with Gasteiger partial charge in [0.1, 0.15) is 10.6 Å². The molecule has 2 aromatic heterocycles. The fraction of sp³-hybridized carbons (Fsp3) is 0.526. The van der Waals surface area contributed by atoms with E-state index in [2.05, 4.69) is 15.5 Å². The number of carbonyl (C=O) groups is 1. The van der Waals surface area contributed by atoms with Gasteiger partial charge < -0.3 is 9.84 Å². The van der Waals surface area contributed by atoms with E-state index in [9.17, 15) is 13.2 Å². The average molecular weight is 404 g/mol. The first-order valence-corrected chi connectivity index (χ1v) is 10.9. The summed E-state index contributed by atoms with van der Waals surface area (Å²) < 4.78 is 32.9. The quantitative estimate of drug-likeness (QED) is 0.815. The Balaban J connectivity index is 1.54. The van der Waals surface area contributed by atoms with Crippen LogP contribution in [0.1, 0.15) is 36.4 Å². The maximum absolute atomic E-state index is 13.2. The molecule has 1 saturated carbocycles. The highest BCUT2D eigenvalue weighted by molar-refractivity contribution is 7.89. The van der Waals surface area contributed by atoms with Crippen molar-refractivity contribution in [3.05, 3.63) is 41.5 Å². The Morgan fingerprint density at radius 2 is 2.14 bits per heavy atom. The Morgan fingerprint density at radius 1 is 1.36 bits per heavy atom. The molecule has 3 heterocycles. The van der Waals surface area contributed by atoms with Crippen molar-refractivity contribution in [3.8, 4) is 0 Å². The Morgan fingerprint density at radius 3 is 2.71 bits per heavy atom. The molecule has 150 valence electrons. The number of aromatic nitrogens is 2. The zero-order valence-electron chi connectivity index (χ0n) is 16.0. The van der Waals surface area contributed by atoms with Gasteiger partial charge in [-0.15, -0.1) is 0 Å². The van der Waals surface area contributed by atoms with Crippen LogP contribution in [0.2, 0.25) is 0 Å². The zero-order valence-corrected chi connectivity index (χ0v) is 16.8. The largest absolute Gasteiger partial charge is 0.360 e. The first kappa shape index (κ1) is 19.1. The van der Waals surface area contributed by atoms with E-state index in [1.165, 1.54) is 4.31 Å². The summed E-state index contributed by atoms with van der Waals surface area (Å²) in [4.78, 5) is 17.3. The van der Waals surface area contributed by atoms with Gasteiger partial charge in [-0.25, -0.2) is 8.42 Å². The van der Waals surface area contributed by atoms with Crippen molar-refractivity contribution in [2.24, 2.45) is 11.3 Å². The van der Waals surface area contributed by atoms with Gasteiger partial charge in [0.15, 0.2) is 5.76 Å². The molecule has 0 bridgehead atoms. The molecule has 1 N–H and O–H groups in total. The molecule has 0 radical (unpaired) electrons. The van der Waals surface area contributed by atoms with Crippen LogP contribution in [0.3, 0.4) is 0 Å². The zero-order chi connectivity index (χ0) is 19.9. The second-order valence-corrected chi connectivity index (χ2v) is 9.63. The summed E-state index contributed by atoms with van der Waals surface area (Å²) in [6.07, 6.45) is 4.43. The molecule has 1 amide bonds. The molecule has 4 rings (SSSR count). The van der Waals surface area contributed by atoms with Crippen molar-refractivity contribution in [1.29, 1.82) is 0 Å². The lowest BCUT2D eigenvalue weighted by Crippen LogP contribution is -2.45. The number of nitrogens with zero attached hydrogens (tertiary/aromatic N) is 3. The summed E-state index contributed by atoms with van der Waals surface area (Å²) in [7, 11) is -3.75. The number of sulfonamides is 1. The SMILES string of the molecule is Cc1noc(C)c1S(=O)(=O)N1CC(C(=O)NCc2ccccn2)C2(CCC2)C1. The predicted molar refractivity (Wildman–Crippen MR) is 101 cm³/mol. The number of rotatable bonds is 5. The van der Waals surface area contributed by atoms with E-state index in [1.807, 2.05) is 18.2 Å². The van der Waals surface area contributed by atoms with Crippen molar-refractivity contribution in [1.82, 2.24) is 19.8 Å². The van der Waals surface area contributed by atoms with E-state index in [-0.39, 0.29) is 34.4 Å². The molecule has 28 heavy (non-hydrogen) atoms. The molecule has 1 spiro atoms. The predicted octanol–water partition coefficient (Wildman–Crippen LogP) is 1.79. The summed E-state index contributed by atoms with van der Waals surface area (Å²) in [5.41, 5.74) is 0.847. The molecular formula is C19H24N4O4S. The smallest absolute Gasteiger partial charge is 0.248 e. The van der Waals surface area contributed by atoms with E-state index >= 15 is 0 Å². The third-order valence-corrected chi connectivity index (χ3v) is 8.07. The van der Waals surface area contributed by atoms with Crippen LogP contribution >= 0.6 is 0 Å². The highest BCUT2D eigenvalue weighted by atomic mass is 32.2. The van der Waals surface area contributed by atoms with Gasteiger partial charge in [0.2, 0.25) is 15.9 Å². The number of carbonyl (C=O) groups excluding carboxylic acids is 1. The summed E-state index contributed by atoms with van der Waals surface area (Å²) in [6, 6.07) is 5.54. The minimum absolute atomic E-state index is 0.109. The van der Waals surface area contributed by atoms with Gasteiger partial charge in [-0.05, 0) is 44.2 Å². The highest BCUT2D eigenvalue weighted by Gasteiger charge is 2.56. The van der Waals surface area contributed by atoms with Crippen molar-refractivity contribution in [2.75, 3.05) is 13.1 Å². The molecule has 8 nitrogen and oxygen atoms in total. The number of hydrogen-bond acceptors (Lipinski definition) is 6. The minimum Gasteiger partial charge on any atom is -0.360 e. The fourth-order valence-electron chi connectivity index (χ4n) is 4.38. The van der Waals surface area contributed by atoms with Gasteiger partial charge in [-0.2, -0.15) is 4.31 Å². The lowest BCUT2D eigenvalue weighted by atomic mass is 9.62. The fourth-order valence-corrected chi connectivity index (χ4v) is 6.22. The topological polar surface area (TPSA) is 105 Å². The molecule has 2 aromatic rings. The van der Waals surface area contributed by atoms with Crippen LogP contribution in [0.15, 0.2) is 33.8 Å². The molecule has 1 aliphatic carbocycles. The lowest BCUT2D eigenvalue weighted by Gasteiger charge is -2.42. The molecular weight excluding hydrogens is 380 g/mol. The van der Waals surface area contributed by atoms with Crippen molar-refractivity contribution < 1.29 is 17.7 Å². The molecule has 2 fully saturated rings. The number of nitrogens with one attached hydrogen (secondary N) is 1. The van der Waals surface area contributed by atoms with Gasteiger partial charge >= 0.3 is 0 Å². The molecule has 1 unspecified atom stereocenters. The van der Waals surface area contributed by atoms with Crippen LogP contribution in [0.25, 0.3) is 0 Å². The van der Waals surface area contributed by atoms with Gasteiger partial charge in [0.05, 0.1) is 18.2 Å². The number of pyridine rings is 1. The number of amides is 1. The first-order chi connectivity index (χ1) is 13.3. The Kier molecular flexibility index (Phi) is 4.75.